The lowest BCUT2D eigenvalue weighted by atomic mass is 9.93. The normalized spacial score (nSPS) is 14.4. The van der Waals surface area contributed by atoms with E-state index in [4.69, 9.17) is 0 Å². The fourth-order valence-corrected chi connectivity index (χ4v) is 2.84. The highest BCUT2D eigenvalue weighted by Gasteiger charge is 2.15. The van der Waals surface area contributed by atoms with E-state index in [1.807, 2.05) is 18.3 Å². The lowest BCUT2D eigenvalue weighted by Gasteiger charge is -2.18. The van der Waals surface area contributed by atoms with E-state index < -0.39 is 0 Å². The first-order chi connectivity index (χ1) is 10.8. The Morgan fingerprint density at radius 3 is 3.00 bits per heavy atom. The molecule has 2 heterocycles. The van der Waals surface area contributed by atoms with Gasteiger partial charge in [0.2, 0.25) is 5.91 Å². The van der Waals surface area contributed by atoms with E-state index in [-0.39, 0.29) is 5.91 Å². The maximum absolute atomic E-state index is 11.5. The number of rotatable bonds is 4. The third-order valence-corrected chi connectivity index (χ3v) is 3.94. The van der Waals surface area contributed by atoms with Gasteiger partial charge in [-0.1, -0.05) is 25.1 Å². The van der Waals surface area contributed by atoms with Crippen molar-refractivity contribution in [3.8, 4) is 0 Å². The highest BCUT2D eigenvalue weighted by atomic mass is 16.1. The Hall–Kier alpha value is -2.42. The van der Waals surface area contributed by atoms with Gasteiger partial charge in [0.15, 0.2) is 0 Å². The third-order valence-electron chi connectivity index (χ3n) is 3.94. The van der Waals surface area contributed by atoms with Gasteiger partial charge in [-0.3, -0.25) is 9.78 Å². The summed E-state index contributed by atoms with van der Waals surface area (Å²) in [4.78, 5) is 15.7. The molecule has 22 heavy (non-hydrogen) atoms. The minimum absolute atomic E-state index is 0.111. The van der Waals surface area contributed by atoms with Crippen LogP contribution in [0.1, 0.15) is 36.5 Å². The Bertz CT molecular complexity index is 705. The average molecular weight is 292 g/mol. The van der Waals surface area contributed by atoms with E-state index >= 15 is 0 Å². The smallest absolute Gasteiger partial charge is 0.224 e. The largest absolute Gasteiger partial charge is 0.326 e. The van der Waals surface area contributed by atoms with Gasteiger partial charge in [-0.15, -0.1) is 0 Å². The summed E-state index contributed by atoms with van der Waals surface area (Å²) in [6.45, 7) is 2.15. The Morgan fingerprint density at radius 2 is 2.23 bits per heavy atom. The van der Waals surface area contributed by atoms with Crippen LogP contribution >= 0.6 is 0 Å². The van der Waals surface area contributed by atoms with Crippen LogP contribution in [0.5, 0.6) is 0 Å². The number of anilines is 1. The zero-order valence-electron chi connectivity index (χ0n) is 12.8. The van der Waals surface area contributed by atoms with E-state index in [2.05, 4.69) is 41.5 Å². The van der Waals surface area contributed by atoms with E-state index in [1.54, 1.807) is 6.20 Å². The fourth-order valence-electron chi connectivity index (χ4n) is 2.84. The van der Waals surface area contributed by atoms with Crippen LogP contribution in [-0.4, -0.2) is 10.9 Å². The summed E-state index contributed by atoms with van der Waals surface area (Å²) in [7, 11) is 0. The molecule has 3 rings (SSSR count). The second kappa shape index (κ2) is 6.56. The van der Waals surface area contributed by atoms with Crippen molar-refractivity contribution >= 4 is 17.2 Å². The molecule has 3 nitrogen and oxygen atoms in total. The number of nitrogens with zero attached hydrogens (tertiary/aromatic N) is 1. The number of aromatic nitrogens is 1. The Morgan fingerprint density at radius 1 is 1.32 bits per heavy atom. The molecule has 1 aliphatic rings. The van der Waals surface area contributed by atoms with Crippen LogP contribution in [0.15, 0.2) is 48.8 Å². The van der Waals surface area contributed by atoms with Gasteiger partial charge in [0.05, 0.1) is 0 Å². The molecule has 0 fully saturated rings. The van der Waals surface area contributed by atoms with Gasteiger partial charge in [-0.05, 0) is 59.7 Å². The zero-order chi connectivity index (χ0) is 15.4. The summed E-state index contributed by atoms with van der Waals surface area (Å²) in [6, 6.07) is 10.4. The molecule has 0 atom stereocenters. The van der Waals surface area contributed by atoms with E-state index in [0.29, 0.717) is 6.42 Å². The van der Waals surface area contributed by atoms with E-state index in [0.717, 1.165) is 24.9 Å². The number of carbonyl (C=O) groups is 1. The molecular weight excluding hydrogens is 272 g/mol. The van der Waals surface area contributed by atoms with Gasteiger partial charge in [-0.2, -0.15) is 0 Å². The fraction of sp³-hybridized carbons (Fsp3) is 0.263. The van der Waals surface area contributed by atoms with Gasteiger partial charge in [0.1, 0.15) is 0 Å². The van der Waals surface area contributed by atoms with Crippen molar-refractivity contribution in [2.45, 2.75) is 32.6 Å². The molecule has 112 valence electrons. The van der Waals surface area contributed by atoms with Crippen LogP contribution in [0.25, 0.3) is 5.57 Å². The zero-order valence-corrected chi connectivity index (χ0v) is 12.8. The number of carbonyl (C=O) groups excluding carboxylic acids is 1. The molecule has 0 bridgehead atoms. The lowest BCUT2D eigenvalue weighted by Crippen LogP contribution is -2.18. The number of nitrogens with one attached hydrogen (secondary N) is 1. The third kappa shape index (κ3) is 3.25. The van der Waals surface area contributed by atoms with Gasteiger partial charge >= 0.3 is 0 Å². The van der Waals surface area contributed by atoms with Gasteiger partial charge in [0.25, 0.3) is 0 Å². The van der Waals surface area contributed by atoms with Crippen molar-refractivity contribution in [3.05, 3.63) is 65.5 Å². The van der Waals surface area contributed by atoms with Crippen LogP contribution < -0.4 is 5.32 Å². The summed E-state index contributed by atoms with van der Waals surface area (Å²) < 4.78 is 0. The second-order valence-corrected chi connectivity index (χ2v) is 5.60. The minimum Gasteiger partial charge on any atom is -0.326 e. The van der Waals surface area contributed by atoms with Crippen molar-refractivity contribution in [2.75, 3.05) is 5.32 Å². The van der Waals surface area contributed by atoms with Crippen molar-refractivity contribution < 1.29 is 4.79 Å². The second-order valence-electron chi connectivity index (χ2n) is 5.60. The molecule has 1 aromatic heterocycles. The van der Waals surface area contributed by atoms with Crippen LogP contribution in [0.3, 0.4) is 0 Å². The molecular formula is C19H20N2O. The number of fused-ring (bicyclic) bond motifs is 1. The molecule has 1 N–H and O–H groups in total. The highest BCUT2D eigenvalue weighted by Crippen LogP contribution is 2.28. The Labute approximate surface area is 131 Å². The molecule has 2 aromatic rings. The molecule has 0 radical (unpaired) electrons. The van der Waals surface area contributed by atoms with Gasteiger partial charge in [0, 0.05) is 24.5 Å². The number of amides is 1. The van der Waals surface area contributed by atoms with Crippen LogP contribution in [-0.2, 0) is 17.6 Å². The summed E-state index contributed by atoms with van der Waals surface area (Å²) in [6.07, 6.45) is 9.27. The van der Waals surface area contributed by atoms with Gasteiger partial charge < -0.3 is 5.32 Å². The first kappa shape index (κ1) is 14.5. The standard InChI is InChI=1S/C19H20N2O/c1-2-4-15(11-14-5-3-10-20-13-14)16-6-8-18-17(12-16)7-9-19(22)21-18/h3-6,8,10,12-13H,2,7,9,11H2,1H3,(H,21,22). The van der Waals surface area contributed by atoms with Crippen molar-refractivity contribution in [3.63, 3.8) is 0 Å². The molecule has 1 aromatic carbocycles. The molecule has 0 unspecified atom stereocenters. The predicted octanol–water partition coefficient (Wildman–Crippen LogP) is 4.00. The molecule has 0 saturated carbocycles. The SMILES string of the molecule is CCC=C(Cc1cccnc1)c1ccc2c(c1)CCC(=O)N2. The van der Waals surface area contributed by atoms with Crippen molar-refractivity contribution in [2.24, 2.45) is 0 Å². The summed E-state index contributed by atoms with van der Waals surface area (Å²) in [5.41, 5.74) is 5.95. The summed E-state index contributed by atoms with van der Waals surface area (Å²) in [5.74, 6) is 0.111. The Balaban J connectivity index is 1.89. The quantitative estimate of drug-likeness (QED) is 0.925. The summed E-state index contributed by atoms with van der Waals surface area (Å²) in [5, 5.41) is 2.94. The number of hydrogen-bond donors (Lipinski definition) is 1. The van der Waals surface area contributed by atoms with Gasteiger partial charge in [-0.25, -0.2) is 0 Å². The van der Waals surface area contributed by atoms with Crippen LogP contribution in [0, 0.1) is 0 Å². The highest BCUT2D eigenvalue weighted by molar-refractivity contribution is 5.94. The minimum atomic E-state index is 0.111. The van der Waals surface area contributed by atoms with E-state index in [9.17, 15) is 4.79 Å². The summed E-state index contributed by atoms with van der Waals surface area (Å²) >= 11 is 0. The molecule has 1 amide bonds. The molecule has 0 aliphatic carbocycles. The Kier molecular flexibility index (Phi) is 4.33. The maximum atomic E-state index is 11.5. The van der Waals surface area contributed by atoms with E-state index in [1.165, 1.54) is 22.3 Å². The molecule has 3 heteroatoms. The van der Waals surface area contributed by atoms with Crippen molar-refractivity contribution in [1.82, 2.24) is 4.98 Å². The number of pyridine rings is 1. The first-order valence-electron chi connectivity index (χ1n) is 7.77. The van der Waals surface area contributed by atoms with Crippen LogP contribution in [0.4, 0.5) is 5.69 Å². The predicted molar refractivity (Wildman–Crippen MR) is 89.6 cm³/mol. The number of hydrogen-bond acceptors (Lipinski definition) is 2. The number of benzene rings is 1. The van der Waals surface area contributed by atoms with Crippen molar-refractivity contribution in [1.29, 1.82) is 0 Å². The first-order valence-corrected chi connectivity index (χ1v) is 7.77. The molecule has 0 spiro atoms. The average Bonchev–Trinajstić information content (AvgIpc) is 2.55. The number of allylic oxidation sites excluding steroid dienone is 2. The monoisotopic (exact) mass is 292 g/mol. The molecule has 1 aliphatic heterocycles. The maximum Gasteiger partial charge on any atom is 0.224 e. The molecule has 0 saturated heterocycles. The topological polar surface area (TPSA) is 42.0 Å². The lowest BCUT2D eigenvalue weighted by molar-refractivity contribution is -0.116. The van der Waals surface area contributed by atoms with Crippen LogP contribution in [0.2, 0.25) is 0 Å². The number of aryl methyl sites for hydroxylation is 1.